The summed E-state index contributed by atoms with van der Waals surface area (Å²) in [6.07, 6.45) is 5.60. The fourth-order valence-electron chi connectivity index (χ4n) is 6.95. The molecule has 50 heavy (non-hydrogen) atoms. The summed E-state index contributed by atoms with van der Waals surface area (Å²) in [5.74, 6) is 0. The first-order chi connectivity index (χ1) is 24.7. The van der Waals surface area contributed by atoms with Crippen LogP contribution < -0.4 is 0 Å². The molecule has 5 heteroatoms. The lowest BCUT2D eigenvalue weighted by atomic mass is 9.98. The molecule has 0 amide bonds. The summed E-state index contributed by atoms with van der Waals surface area (Å²) < 4.78 is 0. The molecule has 0 bridgehead atoms. The van der Waals surface area contributed by atoms with E-state index in [1.807, 2.05) is 42.9 Å². The number of rotatable bonds is 4. The Balaban J connectivity index is 0.976. The topological polar surface area (TPSA) is 64.5 Å². The number of nitrogens with zero attached hydrogens (tertiary/aromatic N) is 5. The molecule has 5 aromatic carbocycles. The average molecular weight is 638 g/mol. The van der Waals surface area contributed by atoms with Crippen LogP contribution in [0.15, 0.2) is 164 Å². The second-order valence-corrected chi connectivity index (χ2v) is 12.6. The molecule has 232 valence electrons. The minimum Gasteiger partial charge on any atom is -0.256 e. The standard InChI is InChI=1S/C45H27N5/c1-2-6-39-35(4-1)24-36(27-48-39)41-20-17-31-12-14-34(26-43(31)50-41)33-13-11-30-16-19-40(49-42(30)25-33)29-9-7-28(8-10-29)37-21-23-47-45-38(37)18-15-32-5-3-22-46-44(32)45/h1-27H. The molecular formula is C45H27N5. The Bertz CT molecular complexity index is 2930. The number of pyridine rings is 5. The molecule has 5 nitrogen and oxygen atoms in total. The third kappa shape index (κ3) is 4.83. The van der Waals surface area contributed by atoms with E-state index in [9.17, 15) is 0 Å². The van der Waals surface area contributed by atoms with Crippen LogP contribution >= 0.6 is 0 Å². The zero-order valence-electron chi connectivity index (χ0n) is 26.8. The lowest BCUT2D eigenvalue weighted by Gasteiger charge is -2.10. The van der Waals surface area contributed by atoms with Crippen LogP contribution in [-0.4, -0.2) is 24.9 Å². The summed E-state index contributed by atoms with van der Waals surface area (Å²) in [6.45, 7) is 0. The van der Waals surface area contributed by atoms with Crippen LogP contribution in [0.3, 0.4) is 0 Å². The van der Waals surface area contributed by atoms with Gasteiger partial charge in [-0.3, -0.25) is 15.0 Å². The summed E-state index contributed by atoms with van der Waals surface area (Å²) >= 11 is 0. The molecule has 0 saturated heterocycles. The normalized spacial score (nSPS) is 11.6. The highest BCUT2D eigenvalue weighted by Crippen LogP contribution is 2.33. The first-order valence-electron chi connectivity index (χ1n) is 16.6. The summed E-state index contributed by atoms with van der Waals surface area (Å²) in [7, 11) is 0. The predicted molar refractivity (Wildman–Crippen MR) is 205 cm³/mol. The molecule has 0 saturated carbocycles. The van der Waals surface area contributed by atoms with Crippen molar-refractivity contribution in [2.45, 2.75) is 0 Å². The molecule has 0 aliphatic carbocycles. The van der Waals surface area contributed by atoms with E-state index in [0.717, 1.165) is 99.3 Å². The Morgan fingerprint density at radius 3 is 1.74 bits per heavy atom. The quantitative estimate of drug-likeness (QED) is 0.180. The molecule has 0 aliphatic rings. The van der Waals surface area contributed by atoms with Gasteiger partial charge in [-0.2, -0.15) is 0 Å². The number of para-hydroxylation sites is 1. The van der Waals surface area contributed by atoms with Crippen LogP contribution in [0.5, 0.6) is 0 Å². The van der Waals surface area contributed by atoms with Crippen LogP contribution in [0.4, 0.5) is 0 Å². The van der Waals surface area contributed by atoms with Crippen LogP contribution in [0.2, 0.25) is 0 Å². The lowest BCUT2D eigenvalue weighted by Crippen LogP contribution is -1.90. The molecule has 10 rings (SSSR count). The van der Waals surface area contributed by atoms with E-state index >= 15 is 0 Å². The van der Waals surface area contributed by atoms with Crippen molar-refractivity contribution in [3.05, 3.63) is 164 Å². The Kier molecular flexibility index (Phi) is 6.42. The van der Waals surface area contributed by atoms with Gasteiger partial charge in [-0.05, 0) is 70.8 Å². The third-order valence-corrected chi connectivity index (χ3v) is 9.58. The van der Waals surface area contributed by atoms with Crippen molar-refractivity contribution in [1.29, 1.82) is 0 Å². The van der Waals surface area contributed by atoms with E-state index in [1.54, 1.807) is 0 Å². The van der Waals surface area contributed by atoms with Crippen molar-refractivity contribution < 1.29 is 0 Å². The van der Waals surface area contributed by atoms with E-state index in [4.69, 9.17) is 9.97 Å². The van der Waals surface area contributed by atoms with Gasteiger partial charge in [-0.25, -0.2) is 9.97 Å². The van der Waals surface area contributed by atoms with Gasteiger partial charge in [-0.15, -0.1) is 0 Å². The van der Waals surface area contributed by atoms with Gasteiger partial charge < -0.3 is 0 Å². The highest BCUT2D eigenvalue weighted by molar-refractivity contribution is 6.08. The summed E-state index contributed by atoms with van der Waals surface area (Å²) in [6, 6.07) is 50.7. The van der Waals surface area contributed by atoms with Gasteiger partial charge in [0.15, 0.2) is 0 Å². The Hall–Kier alpha value is -6.85. The molecule has 5 aromatic heterocycles. The molecule has 10 aromatic rings. The van der Waals surface area contributed by atoms with E-state index in [1.165, 1.54) is 0 Å². The summed E-state index contributed by atoms with van der Waals surface area (Å²) in [5.41, 5.74) is 13.1. The highest BCUT2D eigenvalue weighted by Gasteiger charge is 2.11. The predicted octanol–water partition coefficient (Wildman–Crippen LogP) is 11.1. The molecule has 0 aliphatic heterocycles. The van der Waals surface area contributed by atoms with Crippen LogP contribution in [0.25, 0.3) is 99.3 Å². The van der Waals surface area contributed by atoms with Crippen molar-refractivity contribution in [3.63, 3.8) is 0 Å². The molecule has 0 radical (unpaired) electrons. The SMILES string of the molecule is c1ccc2ncc(-c3ccc4ccc(-c5ccc6ccc(-c7ccc(-c8ccnc9c8ccc8cccnc89)cc7)nc6c5)cc4n3)cc2c1. The number of benzene rings is 5. The maximum atomic E-state index is 5.12. The van der Waals surface area contributed by atoms with Crippen LogP contribution in [0, 0.1) is 0 Å². The van der Waals surface area contributed by atoms with Gasteiger partial charge in [0, 0.05) is 56.6 Å². The lowest BCUT2D eigenvalue weighted by molar-refractivity contribution is 1.35. The number of aromatic nitrogens is 5. The van der Waals surface area contributed by atoms with Gasteiger partial charge in [0.1, 0.15) is 0 Å². The largest absolute Gasteiger partial charge is 0.256 e. The Labute approximate surface area is 287 Å². The minimum atomic E-state index is 0.909. The van der Waals surface area contributed by atoms with Crippen LogP contribution in [0.1, 0.15) is 0 Å². The average Bonchev–Trinajstić information content (AvgIpc) is 3.19. The summed E-state index contributed by atoms with van der Waals surface area (Å²) in [4.78, 5) is 24.1. The molecule has 0 unspecified atom stereocenters. The second-order valence-electron chi connectivity index (χ2n) is 12.6. The van der Waals surface area contributed by atoms with Gasteiger partial charge in [0.25, 0.3) is 0 Å². The zero-order valence-corrected chi connectivity index (χ0v) is 26.8. The molecule has 0 fully saturated rings. The third-order valence-electron chi connectivity index (χ3n) is 9.58. The first-order valence-corrected chi connectivity index (χ1v) is 16.6. The van der Waals surface area contributed by atoms with E-state index in [2.05, 4.69) is 136 Å². The molecule has 0 atom stereocenters. The fraction of sp³-hybridized carbons (Fsp3) is 0. The molecule has 5 heterocycles. The van der Waals surface area contributed by atoms with E-state index < -0.39 is 0 Å². The Morgan fingerprint density at radius 1 is 0.340 bits per heavy atom. The molecule has 0 N–H and O–H groups in total. The van der Waals surface area contributed by atoms with Crippen molar-refractivity contribution in [2.75, 3.05) is 0 Å². The number of hydrogen-bond acceptors (Lipinski definition) is 5. The maximum absolute atomic E-state index is 5.12. The fourth-order valence-corrected chi connectivity index (χ4v) is 6.95. The van der Waals surface area contributed by atoms with Crippen molar-refractivity contribution in [1.82, 2.24) is 24.9 Å². The number of fused-ring (bicyclic) bond motifs is 6. The maximum Gasteiger partial charge on any atom is 0.0970 e. The summed E-state index contributed by atoms with van der Waals surface area (Å²) in [5, 5.41) is 5.48. The van der Waals surface area contributed by atoms with Gasteiger partial charge in [0.05, 0.1) is 39.0 Å². The minimum absolute atomic E-state index is 0.909. The molecular weight excluding hydrogens is 611 g/mol. The van der Waals surface area contributed by atoms with Crippen molar-refractivity contribution in [3.8, 4) is 44.8 Å². The first kappa shape index (κ1) is 28.2. The van der Waals surface area contributed by atoms with Crippen LogP contribution in [-0.2, 0) is 0 Å². The number of hydrogen-bond donors (Lipinski definition) is 0. The smallest absolute Gasteiger partial charge is 0.0970 e. The van der Waals surface area contributed by atoms with Gasteiger partial charge >= 0.3 is 0 Å². The van der Waals surface area contributed by atoms with E-state index in [-0.39, 0.29) is 0 Å². The van der Waals surface area contributed by atoms with Crippen molar-refractivity contribution in [2.24, 2.45) is 0 Å². The Morgan fingerprint density at radius 2 is 0.960 bits per heavy atom. The van der Waals surface area contributed by atoms with Crippen molar-refractivity contribution >= 4 is 54.5 Å². The monoisotopic (exact) mass is 637 g/mol. The second kappa shape index (κ2) is 11.4. The molecule has 0 spiro atoms. The highest BCUT2D eigenvalue weighted by atomic mass is 14.7. The van der Waals surface area contributed by atoms with Gasteiger partial charge in [0.2, 0.25) is 0 Å². The van der Waals surface area contributed by atoms with E-state index in [0.29, 0.717) is 0 Å². The van der Waals surface area contributed by atoms with Gasteiger partial charge in [-0.1, -0.05) is 97.1 Å². The zero-order chi connectivity index (χ0) is 33.0.